The summed E-state index contributed by atoms with van der Waals surface area (Å²) < 4.78 is 51.7. The third-order valence-corrected chi connectivity index (χ3v) is 9.19. The quantitative estimate of drug-likeness (QED) is 0.581. The van der Waals surface area contributed by atoms with Crippen molar-refractivity contribution in [2.24, 2.45) is 5.92 Å². The molecule has 0 aromatic heterocycles. The molecule has 0 aliphatic carbocycles. The molecule has 3 fully saturated rings. The summed E-state index contributed by atoms with van der Waals surface area (Å²) in [7, 11) is -5.31. The van der Waals surface area contributed by atoms with E-state index in [-0.39, 0.29) is 21.7 Å². The molecule has 10 heteroatoms. The standard InChI is InChI=1S/C24H29N3O5S2/c1-26(24(28)12-5-18-3-8-21(9-4-18)33(2,29)30)20-6-10-22(11-7-20)34(31,32)25-23-17-27-15-13-19(23)14-16-27/h3-12,19,23,25H,13-17H2,1-2H3. The molecule has 2 aromatic rings. The number of rotatable bonds is 7. The number of amides is 1. The van der Waals surface area contributed by atoms with E-state index >= 15 is 0 Å². The van der Waals surface area contributed by atoms with Gasteiger partial charge in [-0.25, -0.2) is 21.6 Å². The summed E-state index contributed by atoms with van der Waals surface area (Å²) in [6.07, 6.45) is 6.17. The lowest BCUT2D eigenvalue weighted by Gasteiger charge is -2.44. The lowest BCUT2D eigenvalue weighted by atomic mass is 9.85. The maximum Gasteiger partial charge on any atom is 0.250 e. The van der Waals surface area contributed by atoms with Gasteiger partial charge in [0, 0.05) is 37.7 Å². The summed E-state index contributed by atoms with van der Waals surface area (Å²) in [5, 5.41) is 0. The van der Waals surface area contributed by atoms with Gasteiger partial charge in [-0.05, 0) is 79.9 Å². The first kappa shape index (κ1) is 24.6. The number of carbonyl (C=O) groups is 1. The lowest BCUT2D eigenvalue weighted by molar-refractivity contribution is -0.113. The molecule has 0 spiro atoms. The first-order chi connectivity index (χ1) is 16.0. The average Bonchev–Trinajstić information content (AvgIpc) is 2.82. The van der Waals surface area contributed by atoms with Crippen LogP contribution in [0.25, 0.3) is 6.08 Å². The highest BCUT2D eigenvalue weighted by Crippen LogP contribution is 2.29. The summed E-state index contributed by atoms with van der Waals surface area (Å²) in [4.78, 5) is 16.7. The molecule has 182 valence electrons. The summed E-state index contributed by atoms with van der Waals surface area (Å²) in [6, 6.07) is 12.4. The number of sulfone groups is 1. The fourth-order valence-corrected chi connectivity index (χ4v) is 6.37. The molecule has 0 saturated carbocycles. The van der Waals surface area contributed by atoms with Gasteiger partial charge in [0.05, 0.1) is 9.79 Å². The van der Waals surface area contributed by atoms with Crippen molar-refractivity contribution in [3.05, 3.63) is 60.2 Å². The molecular weight excluding hydrogens is 474 g/mol. The van der Waals surface area contributed by atoms with Crippen LogP contribution in [0.2, 0.25) is 0 Å². The van der Waals surface area contributed by atoms with Gasteiger partial charge in [0.2, 0.25) is 10.0 Å². The molecule has 3 saturated heterocycles. The molecule has 1 N–H and O–H groups in total. The first-order valence-electron chi connectivity index (χ1n) is 11.1. The average molecular weight is 504 g/mol. The minimum atomic E-state index is -3.64. The third-order valence-electron chi connectivity index (χ3n) is 6.55. The van der Waals surface area contributed by atoms with E-state index in [1.54, 1.807) is 37.4 Å². The Balaban J connectivity index is 1.39. The zero-order chi connectivity index (χ0) is 24.5. The van der Waals surface area contributed by atoms with E-state index < -0.39 is 19.9 Å². The summed E-state index contributed by atoms with van der Waals surface area (Å²) in [5.41, 5.74) is 1.25. The monoisotopic (exact) mass is 503 g/mol. The van der Waals surface area contributed by atoms with Crippen LogP contribution in [-0.4, -0.2) is 66.6 Å². The van der Waals surface area contributed by atoms with Crippen LogP contribution < -0.4 is 9.62 Å². The van der Waals surface area contributed by atoms with Crippen molar-refractivity contribution < 1.29 is 21.6 Å². The second-order valence-corrected chi connectivity index (χ2v) is 12.7. The fraction of sp³-hybridized carbons (Fsp3) is 0.375. The van der Waals surface area contributed by atoms with E-state index in [0.29, 0.717) is 17.2 Å². The van der Waals surface area contributed by atoms with Crippen LogP contribution in [0.3, 0.4) is 0 Å². The van der Waals surface area contributed by atoms with Crippen LogP contribution in [-0.2, 0) is 24.7 Å². The van der Waals surface area contributed by atoms with Gasteiger partial charge in [0.25, 0.3) is 5.91 Å². The maximum atomic E-state index is 12.9. The number of nitrogens with one attached hydrogen (secondary N) is 1. The van der Waals surface area contributed by atoms with Crippen LogP contribution in [0, 0.1) is 5.92 Å². The van der Waals surface area contributed by atoms with Crippen molar-refractivity contribution in [1.29, 1.82) is 0 Å². The highest BCUT2D eigenvalue weighted by molar-refractivity contribution is 7.90. The molecule has 5 rings (SSSR count). The minimum Gasteiger partial charge on any atom is -0.312 e. The number of sulfonamides is 1. The highest BCUT2D eigenvalue weighted by Gasteiger charge is 2.36. The number of likely N-dealkylation sites (N-methyl/N-ethyl adjacent to an activating group) is 1. The van der Waals surface area contributed by atoms with Gasteiger partial charge in [-0.3, -0.25) is 4.79 Å². The molecule has 1 amide bonds. The van der Waals surface area contributed by atoms with Crippen molar-refractivity contribution in [3.63, 3.8) is 0 Å². The Morgan fingerprint density at radius 3 is 2.09 bits per heavy atom. The van der Waals surface area contributed by atoms with Crippen molar-refractivity contribution in [2.45, 2.75) is 28.7 Å². The zero-order valence-electron chi connectivity index (χ0n) is 19.2. The van der Waals surface area contributed by atoms with E-state index in [1.165, 1.54) is 35.2 Å². The van der Waals surface area contributed by atoms with Gasteiger partial charge in [0.15, 0.2) is 9.84 Å². The second kappa shape index (κ2) is 9.61. The number of fused-ring (bicyclic) bond motifs is 3. The van der Waals surface area contributed by atoms with Crippen molar-refractivity contribution in [3.8, 4) is 0 Å². The van der Waals surface area contributed by atoms with Crippen LogP contribution in [0.1, 0.15) is 18.4 Å². The normalized spacial score (nSPS) is 22.7. The van der Waals surface area contributed by atoms with Crippen LogP contribution in [0.5, 0.6) is 0 Å². The predicted octanol–water partition coefficient (Wildman–Crippen LogP) is 2.14. The number of benzene rings is 2. The number of hydrogen-bond donors (Lipinski definition) is 1. The van der Waals surface area contributed by atoms with E-state index in [2.05, 4.69) is 9.62 Å². The van der Waals surface area contributed by atoms with Gasteiger partial charge in [-0.2, -0.15) is 0 Å². The Hall–Kier alpha value is -2.53. The summed E-state index contributed by atoms with van der Waals surface area (Å²) >= 11 is 0. The summed E-state index contributed by atoms with van der Waals surface area (Å²) in [6.45, 7) is 2.83. The zero-order valence-corrected chi connectivity index (χ0v) is 20.8. The topological polar surface area (TPSA) is 104 Å². The Morgan fingerprint density at radius 1 is 0.971 bits per heavy atom. The van der Waals surface area contributed by atoms with Gasteiger partial charge in [-0.1, -0.05) is 12.1 Å². The Morgan fingerprint density at radius 2 is 1.56 bits per heavy atom. The molecular formula is C24H29N3O5S2. The maximum absolute atomic E-state index is 12.9. The molecule has 2 aromatic carbocycles. The SMILES string of the molecule is CN(C(=O)C=Cc1ccc(S(C)(=O)=O)cc1)c1ccc(S(=O)(=O)NC2CN3CCC2CC3)cc1. The molecule has 3 heterocycles. The second-order valence-electron chi connectivity index (χ2n) is 8.93. The van der Waals surface area contributed by atoms with Gasteiger partial charge in [-0.15, -0.1) is 0 Å². The van der Waals surface area contributed by atoms with Crippen molar-refractivity contribution in [1.82, 2.24) is 9.62 Å². The molecule has 2 bridgehead atoms. The predicted molar refractivity (Wildman–Crippen MR) is 132 cm³/mol. The van der Waals surface area contributed by atoms with Gasteiger partial charge < -0.3 is 9.80 Å². The summed E-state index contributed by atoms with van der Waals surface area (Å²) in [5.74, 6) is 0.0883. The first-order valence-corrected chi connectivity index (χ1v) is 14.5. The highest BCUT2D eigenvalue weighted by atomic mass is 32.2. The molecule has 3 aliphatic rings. The Labute approximate surface area is 201 Å². The molecule has 3 aliphatic heterocycles. The van der Waals surface area contributed by atoms with E-state index in [9.17, 15) is 21.6 Å². The lowest BCUT2D eigenvalue weighted by Crippen LogP contribution is -2.57. The molecule has 1 unspecified atom stereocenters. The number of hydrogen-bond acceptors (Lipinski definition) is 6. The van der Waals surface area contributed by atoms with Crippen LogP contribution >= 0.6 is 0 Å². The van der Waals surface area contributed by atoms with Crippen molar-refractivity contribution in [2.75, 3.05) is 37.8 Å². The van der Waals surface area contributed by atoms with Gasteiger partial charge in [0.1, 0.15) is 0 Å². The fourth-order valence-electron chi connectivity index (χ4n) is 4.45. The largest absolute Gasteiger partial charge is 0.312 e. The van der Waals surface area contributed by atoms with Crippen LogP contribution in [0.4, 0.5) is 5.69 Å². The number of carbonyl (C=O) groups excluding carboxylic acids is 1. The van der Waals surface area contributed by atoms with E-state index in [0.717, 1.165) is 38.7 Å². The number of nitrogens with zero attached hydrogens (tertiary/aromatic N) is 2. The minimum absolute atomic E-state index is 0.0620. The third kappa shape index (κ3) is 5.57. The smallest absolute Gasteiger partial charge is 0.250 e. The Kier molecular flexibility index (Phi) is 6.95. The van der Waals surface area contributed by atoms with E-state index in [4.69, 9.17) is 0 Å². The van der Waals surface area contributed by atoms with Gasteiger partial charge >= 0.3 is 0 Å². The number of piperidine rings is 3. The molecule has 1 atom stereocenters. The van der Waals surface area contributed by atoms with E-state index in [1.807, 2.05) is 0 Å². The molecule has 0 radical (unpaired) electrons. The van der Waals surface area contributed by atoms with Crippen LogP contribution in [0.15, 0.2) is 64.4 Å². The molecule has 34 heavy (non-hydrogen) atoms. The molecule has 8 nitrogen and oxygen atoms in total. The number of anilines is 1. The Bertz CT molecular complexity index is 1280. The van der Waals surface area contributed by atoms with Crippen molar-refractivity contribution >= 4 is 37.5 Å².